The van der Waals surface area contributed by atoms with E-state index in [1.165, 1.54) is 24.3 Å². The summed E-state index contributed by atoms with van der Waals surface area (Å²) in [7, 11) is 0. The van der Waals surface area contributed by atoms with E-state index in [0.29, 0.717) is 24.3 Å². The van der Waals surface area contributed by atoms with Crippen LogP contribution in [-0.2, 0) is 14.3 Å². The van der Waals surface area contributed by atoms with E-state index in [2.05, 4.69) is 4.90 Å². The number of carbonyl (C=O) groups is 3. The lowest BCUT2D eigenvalue weighted by Crippen LogP contribution is -2.50. The molecule has 1 aromatic rings. The van der Waals surface area contributed by atoms with Gasteiger partial charge in [0.15, 0.2) is 11.4 Å². The first-order valence-electron chi connectivity index (χ1n) is 12.0. The number of esters is 1. The zero-order chi connectivity index (χ0) is 24.5. The highest BCUT2D eigenvalue weighted by molar-refractivity contribution is 5.97. The minimum atomic E-state index is -3.04. The lowest BCUT2D eigenvalue weighted by Gasteiger charge is -2.38. The molecule has 3 fully saturated rings. The normalized spacial score (nSPS) is 29.4. The molecule has 1 amide bonds. The van der Waals surface area contributed by atoms with Crippen molar-refractivity contribution in [3.05, 3.63) is 35.6 Å². The SMILES string of the molecule is NC(=O)C1(OC(=O)C2CC2(F)F)CCC(CCN2CCC(C(=O)c3ccc(F)cc3)CC2)CC1. The number of carbonyl (C=O) groups excluding carboxylic acids is 3. The van der Waals surface area contributed by atoms with E-state index in [1.807, 2.05) is 0 Å². The van der Waals surface area contributed by atoms with Gasteiger partial charge < -0.3 is 15.4 Å². The van der Waals surface area contributed by atoms with Gasteiger partial charge in [0, 0.05) is 17.9 Å². The van der Waals surface area contributed by atoms with E-state index >= 15 is 0 Å². The number of likely N-dealkylation sites (tertiary alicyclic amines) is 1. The number of amides is 1. The van der Waals surface area contributed by atoms with Gasteiger partial charge in [-0.1, -0.05) is 0 Å². The maximum atomic E-state index is 13.2. The zero-order valence-electron chi connectivity index (χ0n) is 19.1. The van der Waals surface area contributed by atoms with Crippen LogP contribution < -0.4 is 5.73 Å². The van der Waals surface area contributed by atoms with Crippen molar-refractivity contribution in [3.8, 4) is 0 Å². The molecule has 1 atom stereocenters. The van der Waals surface area contributed by atoms with E-state index in [4.69, 9.17) is 10.5 Å². The smallest absolute Gasteiger partial charge is 0.316 e. The van der Waals surface area contributed by atoms with Crippen LogP contribution in [0.1, 0.15) is 61.7 Å². The average Bonchev–Trinajstić information content (AvgIpc) is 3.47. The minimum absolute atomic E-state index is 0.0545. The summed E-state index contributed by atoms with van der Waals surface area (Å²) in [5.74, 6) is -6.31. The van der Waals surface area contributed by atoms with Crippen molar-refractivity contribution in [2.24, 2.45) is 23.5 Å². The number of hydrogen-bond donors (Lipinski definition) is 1. The second-order valence-corrected chi connectivity index (χ2v) is 10.0. The molecule has 1 unspecified atom stereocenters. The van der Waals surface area contributed by atoms with Gasteiger partial charge in [-0.2, -0.15) is 0 Å². The topological polar surface area (TPSA) is 89.7 Å². The summed E-state index contributed by atoms with van der Waals surface area (Å²) in [6.45, 7) is 2.48. The number of rotatable bonds is 8. The Morgan fingerprint density at radius 3 is 2.15 bits per heavy atom. The Balaban J connectivity index is 1.20. The second kappa shape index (κ2) is 9.68. The molecule has 0 bridgehead atoms. The van der Waals surface area contributed by atoms with Crippen LogP contribution in [0, 0.1) is 23.6 Å². The third-order valence-corrected chi connectivity index (χ3v) is 7.71. The lowest BCUT2D eigenvalue weighted by molar-refractivity contribution is -0.175. The minimum Gasteiger partial charge on any atom is -0.449 e. The summed E-state index contributed by atoms with van der Waals surface area (Å²) in [4.78, 5) is 39.0. The molecular weight excluding hydrogens is 449 g/mol. The van der Waals surface area contributed by atoms with Crippen LogP contribution in [0.3, 0.4) is 0 Å². The molecule has 1 aliphatic heterocycles. The number of benzene rings is 1. The van der Waals surface area contributed by atoms with Crippen molar-refractivity contribution in [2.45, 2.75) is 62.9 Å². The van der Waals surface area contributed by atoms with E-state index in [9.17, 15) is 27.6 Å². The van der Waals surface area contributed by atoms with Gasteiger partial charge in [0.2, 0.25) is 0 Å². The van der Waals surface area contributed by atoms with Gasteiger partial charge in [-0.25, -0.2) is 13.2 Å². The Morgan fingerprint density at radius 2 is 1.62 bits per heavy atom. The summed E-state index contributed by atoms with van der Waals surface area (Å²) in [6.07, 6.45) is 3.67. The molecule has 4 rings (SSSR count). The van der Waals surface area contributed by atoms with Crippen LogP contribution in [-0.4, -0.2) is 53.7 Å². The number of nitrogens with zero attached hydrogens (tertiary/aromatic N) is 1. The fourth-order valence-corrected chi connectivity index (χ4v) is 5.20. The van der Waals surface area contributed by atoms with Crippen LogP contribution in [0.15, 0.2) is 24.3 Å². The number of ketones is 1. The quantitative estimate of drug-likeness (QED) is 0.453. The van der Waals surface area contributed by atoms with Crippen molar-refractivity contribution in [2.75, 3.05) is 19.6 Å². The van der Waals surface area contributed by atoms with Crippen molar-refractivity contribution in [1.82, 2.24) is 4.90 Å². The molecule has 1 heterocycles. The molecule has 1 aromatic carbocycles. The highest BCUT2D eigenvalue weighted by Gasteiger charge is 2.63. The highest BCUT2D eigenvalue weighted by atomic mass is 19.3. The number of piperidine rings is 1. The zero-order valence-corrected chi connectivity index (χ0v) is 19.1. The maximum absolute atomic E-state index is 13.2. The van der Waals surface area contributed by atoms with E-state index < -0.39 is 35.7 Å². The number of primary amides is 1. The number of alkyl halides is 2. The van der Waals surface area contributed by atoms with Crippen LogP contribution in [0.2, 0.25) is 0 Å². The molecule has 1 saturated heterocycles. The predicted octanol–water partition coefficient (Wildman–Crippen LogP) is 3.72. The number of nitrogens with two attached hydrogens (primary N) is 1. The van der Waals surface area contributed by atoms with Crippen molar-refractivity contribution in [3.63, 3.8) is 0 Å². The fraction of sp³-hybridized carbons (Fsp3) is 0.640. The van der Waals surface area contributed by atoms with Crippen LogP contribution >= 0.6 is 0 Å². The van der Waals surface area contributed by atoms with Crippen molar-refractivity contribution < 1.29 is 32.3 Å². The van der Waals surface area contributed by atoms with Crippen LogP contribution in [0.25, 0.3) is 0 Å². The molecule has 0 spiro atoms. The average molecular weight is 481 g/mol. The first-order chi connectivity index (χ1) is 16.1. The lowest BCUT2D eigenvalue weighted by atomic mass is 9.77. The summed E-state index contributed by atoms with van der Waals surface area (Å²) < 4.78 is 44.7. The largest absolute Gasteiger partial charge is 0.449 e. The molecule has 6 nitrogen and oxygen atoms in total. The monoisotopic (exact) mass is 480 g/mol. The van der Waals surface area contributed by atoms with Gasteiger partial charge >= 0.3 is 5.97 Å². The Hall–Kier alpha value is -2.42. The Kier molecular flexibility index (Phi) is 7.03. The summed E-state index contributed by atoms with van der Waals surface area (Å²) >= 11 is 0. The maximum Gasteiger partial charge on any atom is 0.316 e. The first kappa shape index (κ1) is 24.7. The molecule has 2 N–H and O–H groups in total. The number of Topliss-reactive ketones (excluding diaryl/α,β-unsaturated/α-hetero) is 1. The molecule has 2 saturated carbocycles. The standard InChI is InChI=1S/C25H31F3N2O4/c26-19-3-1-17(2-4-19)21(31)18-8-13-30(14-9-18)12-7-16-5-10-24(11-6-16,23(29)33)34-22(32)20-15-25(20,27)28/h1-4,16,18,20H,5-15H2,(H2,29,33). The fourth-order valence-electron chi connectivity index (χ4n) is 5.20. The van der Waals surface area contributed by atoms with Gasteiger partial charge in [-0.15, -0.1) is 0 Å². The van der Waals surface area contributed by atoms with E-state index in [1.54, 1.807) is 0 Å². The van der Waals surface area contributed by atoms with Gasteiger partial charge in [0.25, 0.3) is 11.8 Å². The summed E-state index contributed by atoms with van der Waals surface area (Å²) in [5, 5.41) is 0. The van der Waals surface area contributed by atoms with Gasteiger partial charge in [0.1, 0.15) is 11.7 Å². The number of halogens is 3. The van der Waals surface area contributed by atoms with Crippen molar-refractivity contribution >= 4 is 17.7 Å². The third kappa shape index (κ3) is 5.45. The molecule has 3 aliphatic rings. The molecule has 0 aromatic heterocycles. The second-order valence-electron chi connectivity index (χ2n) is 10.0. The van der Waals surface area contributed by atoms with E-state index in [-0.39, 0.29) is 30.4 Å². The Morgan fingerprint density at radius 1 is 1.03 bits per heavy atom. The van der Waals surface area contributed by atoms with E-state index in [0.717, 1.165) is 38.9 Å². The molecule has 2 aliphatic carbocycles. The molecule has 9 heteroatoms. The summed E-state index contributed by atoms with van der Waals surface area (Å²) in [5.41, 5.74) is 4.57. The molecule has 186 valence electrons. The molecule has 34 heavy (non-hydrogen) atoms. The van der Waals surface area contributed by atoms with Crippen LogP contribution in [0.5, 0.6) is 0 Å². The Labute approximate surface area is 197 Å². The number of hydrogen-bond acceptors (Lipinski definition) is 5. The summed E-state index contributed by atoms with van der Waals surface area (Å²) in [6, 6.07) is 5.68. The van der Waals surface area contributed by atoms with Crippen molar-refractivity contribution in [1.29, 1.82) is 0 Å². The predicted molar refractivity (Wildman–Crippen MR) is 118 cm³/mol. The highest BCUT2D eigenvalue weighted by Crippen LogP contribution is 2.50. The van der Waals surface area contributed by atoms with Gasteiger partial charge in [-0.3, -0.25) is 14.4 Å². The first-order valence-corrected chi connectivity index (χ1v) is 12.0. The van der Waals surface area contributed by atoms with Gasteiger partial charge in [-0.05, 0) is 94.8 Å². The molecular formula is C25H31F3N2O4. The Bertz CT molecular complexity index is 921. The van der Waals surface area contributed by atoms with Gasteiger partial charge in [0.05, 0.1) is 0 Å². The third-order valence-electron chi connectivity index (χ3n) is 7.71. The molecule has 0 radical (unpaired) electrons. The van der Waals surface area contributed by atoms with Crippen LogP contribution in [0.4, 0.5) is 13.2 Å². The number of ether oxygens (including phenoxy) is 1.